The molecule has 3 rings (SSSR count). The Morgan fingerprint density at radius 3 is 2.41 bits per heavy atom. The van der Waals surface area contributed by atoms with Gasteiger partial charge in [0, 0.05) is 54.9 Å². The third-order valence-corrected chi connectivity index (χ3v) is 5.07. The predicted octanol–water partition coefficient (Wildman–Crippen LogP) is 3.55. The fourth-order valence-corrected chi connectivity index (χ4v) is 3.74. The minimum Gasteiger partial charge on any atom is -0.495 e. The molecule has 2 aromatic rings. The maximum atomic E-state index is 12.2. The van der Waals surface area contributed by atoms with E-state index in [-0.39, 0.29) is 5.91 Å². The monoisotopic (exact) mass is 407 g/mol. The first kappa shape index (κ1) is 19.8. The molecule has 1 saturated heterocycles. The van der Waals surface area contributed by atoms with E-state index in [0.29, 0.717) is 22.2 Å². The van der Waals surface area contributed by atoms with Gasteiger partial charge >= 0.3 is 0 Å². The van der Waals surface area contributed by atoms with Gasteiger partial charge < -0.3 is 15.0 Å². The van der Waals surface area contributed by atoms with E-state index in [0.717, 1.165) is 44.2 Å². The zero-order valence-electron chi connectivity index (χ0n) is 15.3. The molecule has 0 aromatic heterocycles. The van der Waals surface area contributed by atoms with Crippen LogP contribution in [0.4, 0.5) is 5.69 Å². The van der Waals surface area contributed by atoms with Crippen LogP contribution in [-0.2, 0) is 0 Å². The summed E-state index contributed by atoms with van der Waals surface area (Å²) in [6, 6.07) is 12.9. The van der Waals surface area contributed by atoms with Gasteiger partial charge in [0.25, 0.3) is 5.91 Å². The molecule has 0 bridgehead atoms. The number of para-hydroxylation sites is 2. The van der Waals surface area contributed by atoms with Gasteiger partial charge in [-0.2, -0.15) is 0 Å². The van der Waals surface area contributed by atoms with Crippen LogP contribution in [0.2, 0.25) is 10.0 Å². The van der Waals surface area contributed by atoms with Crippen molar-refractivity contribution in [3.8, 4) is 5.75 Å². The van der Waals surface area contributed by atoms with Gasteiger partial charge in [-0.15, -0.1) is 0 Å². The molecule has 0 atom stereocenters. The van der Waals surface area contributed by atoms with E-state index in [9.17, 15) is 4.79 Å². The molecule has 1 amide bonds. The molecule has 0 spiro atoms. The van der Waals surface area contributed by atoms with Crippen molar-refractivity contribution in [1.29, 1.82) is 0 Å². The van der Waals surface area contributed by atoms with Crippen LogP contribution in [0.3, 0.4) is 0 Å². The zero-order valence-corrected chi connectivity index (χ0v) is 16.8. The van der Waals surface area contributed by atoms with Gasteiger partial charge in [-0.05, 0) is 30.3 Å². The van der Waals surface area contributed by atoms with Crippen molar-refractivity contribution in [1.82, 2.24) is 10.2 Å². The van der Waals surface area contributed by atoms with Gasteiger partial charge in [-0.3, -0.25) is 9.69 Å². The number of halogens is 2. The Morgan fingerprint density at radius 1 is 1.07 bits per heavy atom. The molecule has 0 unspecified atom stereocenters. The Hall–Kier alpha value is -1.95. The average molecular weight is 408 g/mol. The molecule has 1 heterocycles. The molecule has 144 valence electrons. The number of carbonyl (C=O) groups is 1. The van der Waals surface area contributed by atoms with E-state index in [1.165, 1.54) is 0 Å². The highest BCUT2D eigenvalue weighted by atomic mass is 35.5. The van der Waals surface area contributed by atoms with Gasteiger partial charge in [0.2, 0.25) is 0 Å². The number of anilines is 1. The number of nitrogens with one attached hydrogen (secondary N) is 1. The number of carbonyl (C=O) groups excluding carboxylic acids is 1. The number of piperazine rings is 1. The van der Waals surface area contributed by atoms with E-state index in [4.69, 9.17) is 27.9 Å². The molecular formula is C20H23Cl2N3O2. The van der Waals surface area contributed by atoms with Crippen LogP contribution < -0.4 is 15.0 Å². The highest BCUT2D eigenvalue weighted by Crippen LogP contribution is 2.28. The first-order chi connectivity index (χ1) is 13.1. The van der Waals surface area contributed by atoms with Crippen molar-refractivity contribution in [2.24, 2.45) is 0 Å². The molecule has 1 aliphatic heterocycles. The summed E-state index contributed by atoms with van der Waals surface area (Å²) >= 11 is 11.9. The summed E-state index contributed by atoms with van der Waals surface area (Å²) in [7, 11) is 1.70. The van der Waals surface area contributed by atoms with Crippen LogP contribution in [0, 0.1) is 0 Å². The molecule has 2 aromatic carbocycles. The first-order valence-corrected chi connectivity index (χ1v) is 9.67. The number of hydrogen-bond acceptors (Lipinski definition) is 4. The van der Waals surface area contributed by atoms with E-state index in [2.05, 4.69) is 21.2 Å². The van der Waals surface area contributed by atoms with E-state index in [1.807, 2.05) is 18.2 Å². The van der Waals surface area contributed by atoms with Crippen molar-refractivity contribution >= 4 is 34.8 Å². The molecule has 7 heteroatoms. The van der Waals surface area contributed by atoms with Crippen LogP contribution >= 0.6 is 23.2 Å². The summed E-state index contributed by atoms with van der Waals surface area (Å²) < 4.78 is 5.45. The largest absolute Gasteiger partial charge is 0.495 e. The highest BCUT2D eigenvalue weighted by molar-refractivity contribution is 6.35. The second-order valence-corrected chi connectivity index (χ2v) is 7.29. The molecule has 0 saturated carbocycles. The molecule has 1 N–H and O–H groups in total. The standard InChI is InChI=1S/C20H23Cl2N3O2/c1-27-19-5-3-2-4-18(19)25-10-8-24(9-11-25)7-6-23-20(26)15-12-16(21)14-17(22)13-15/h2-5,12-14H,6-11H2,1H3,(H,23,26). The minimum atomic E-state index is -0.160. The number of hydrogen-bond donors (Lipinski definition) is 1. The van der Waals surface area contributed by atoms with Gasteiger partial charge in [0.1, 0.15) is 5.75 Å². The third kappa shape index (κ3) is 5.28. The average Bonchev–Trinajstić information content (AvgIpc) is 2.67. The lowest BCUT2D eigenvalue weighted by atomic mass is 10.2. The molecule has 0 aliphatic carbocycles. The van der Waals surface area contributed by atoms with Crippen LogP contribution in [0.15, 0.2) is 42.5 Å². The minimum absolute atomic E-state index is 0.160. The number of rotatable bonds is 6. The van der Waals surface area contributed by atoms with Gasteiger partial charge in [-0.1, -0.05) is 35.3 Å². The van der Waals surface area contributed by atoms with Gasteiger partial charge in [0.05, 0.1) is 12.8 Å². The number of benzene rings is 2. The quantitative estimate of drug-likeness (QED) is 0.794. The van der Waals surface area contributed by atoms with E-state index in [1.54, 1.807) is 25.3 Å². The Labute approximate surface area is 169 Å². The third-order valence-electron chi connectivity index (χ3n) is 4.64. The van der Waals surface area contributed by atoms with Crippen LogP contribution in [-0.4, -0.2) is 57.2 Å². The van der Waals surface area contributed by atoms with Crippen molar-refractivity contribution in [2.75, 3.05) is 51.3 Å². The fraction of sp³-hybridized carbons (Fsp3) is 0.350. The normalized spacial score (nSPS) is 14.9. The maximum Gasteiger partial charge on any atom is 0.251 e. The molecule has 1 fully saturated rings. The second kappa shape index (κ2) is 9.31. The Morgan fingerprint density at radius 2 is 1.74 bits per heavy atom. The van der Waals surface area contributed by atoms with Crippen molar-refractivity contribution in [3.05, 3.63) is 58.1 Å². The Bertz CT molecular complexity index is 772. The summed E-state index contributed by atoms with van der Waals surface area (Å²) in [6.45, 7) is 5.13. The SMILES string of the molecule is COc1ccccc1N1CCN(CCNC(=O)c2cc(Cl)cc(Cl)c2)CC1. The van der Waals surface area contributed by atoms with Crippen LogP contribution in [0.5, 0.6) is 5.75 Å². The summed E-state index contributed by atoms with van der Waals surface area (Å²) in [5.41, 5.74) is 1.61. The number of nitrogens with zero attached hydrogens (tertiary/aromatic N) is 2. The summed E-state index contributed by atoms with van der Waals surface area (Å²) in [5.74, 6) is 0.741. The molecule has 27 heavy (non-hydrogen) atoms. The van der Waals surface area contributed by atoms with Gasteiger partial charge in [0.15, 0.2) is 0 Å². The lowest BCUT2D eigenvalue weighted by Crippen LogP contribution is -2.48. The molecule has 0 radical (unpaired) electrons. The molecular weight excluding hydrogens is 385 g/mol. The Kier molecular flexibility index (Phi) is 6.83. The van der Waals surface area contributed by atoms with Crippen molar-refractivity contribution < 1.29 is 9.53 Å². The van der Waals surface area contributed by atoms with Crippen LogP contribution in [0.1, 0.15) is 10.4 Å². The highest BCUT2D eigenvalue weighted by Gasteiger charge is 2.19. The van der Waals surface area contributed by atoms with E-state index < -0.39 is 0 Å². The molecule has 1 aliphatic rings. The number of ether oxygens (including phenoxy) is 1. The molecule has 5 nitrogen and oxygen atoms in total. The summed E-state index contributed by atoms with van der Waals surface area (Å²) in [5, 5.41) is 3.85. The maximum absolute atomic E-state index is 12.2. The topological polar surface area (TPSA) is 44.8 Å². The van der Waals surface area contributed by atoms with Crippen LogP contribution in [0.25, 0.3) is 0 Å². The number of amides is 1. The first-order valence-electron chi connectivity index (χ1n) is 8.91. The predicted molar refractivity (Wildman–Crippen MR) is 110 cm³/mol. The smallest absolute Gasteiger partial charge is 0.251 e. The zero-order chi connectivity index (χ0) is 19.2. The second-order valence-electron chi connectivity index (χ2n) is 6.41. The van der Waals surface area contributed by atoms with Crippen molar-refractivity contribution in [2.45, 2.75) is 0 Å². The summed E-state index contributed by atoms with van der Waals surface area (Å²) in [6.07, 6.45) is 0. The Balaban J connectivity index is 1.45. The fourth-order valence-electron chi connectivity index (χ4n) is 3.22. The number of methoxy groups -OCH3 is 1. The van der Waals surface area contributed by atoms with E-state index >= 15 is 0 Å². The summed E-state index contributed by atoms with van der Waals surface area (Å²) in [4.78, 5) is 16.9. The van der Waals surface area contributed by atoms with Crippen molar-refractivity contribution in [3.63, 3.8) is 0 Å². The lowest BCUT2D eigenvalue weighted by molar-refractivity contribution is 0.0947. The van der Waals surface area contributed by atoms with Gasteiger partial charge in [-0.25, -0.2) is 0 Å². The lowest BCUT2D eigenvalue weighted by Gasteiger charge is -2.36.